The number of Topliss-reactive ketones (excluding diaryl/α,β-unsaturated/α-hetero) is 1. The number of aliphatic hydroxyl groups excluding tert-OH is 2. The van der Waals surface area contributed by atoms with Crippen molar-refractivity contribution in [1.29, 1.82) is 0 Å². The zero-order valence-electron chi connectivity index (χ0n) is 12.2. The van der Waals surface area contributed by atoms with E-state index in [9.17, 15) is 9.90 Å². The minimum absolute atomic E-state index is 0.211. The molecule has 3 rings (SSSR count). The number of carbonyl (C=O) groups excluding carboxylic acids is 1. The van der Waals surface area contributed by atoms with Crippen LogP contribution in [-0.4, -0.2) is 35.5 Å². The summed E-state index contributed by atoms with van der Waals surface area (Å²) in [5, 5.41) is 18.9. The first-order valence-corrected chi connectivity index (χ1v) is 7.46. The minimum Gasteiger partial charge on any atom is -0.454 e. The summed E-state index contributed by atoms with van der Waals surface area (Å²) in [6.07, 6.45) is -0.916. The van der Waals surface area contributed by atoms with E-state index in [1.165, 1.54) is 6.07 Å². The molecule has 23 heavy (non-hydrogen) atoms. The highest BCUT2D eigenvalue weighted by atomic mass is 35.5. The topological polar surface area (TPSA) is 76.0 Å². The molecule has 2 aromatic carbocycles. The lowest BCUT2D eigenvalue weighted by molar-refractivity contribution is 0.0587. The van der Waals surface area contributed by atoms with Crippen molar-refractivity contribution in [3.8, 4) is 11.5 Å². The molecule has 0 saturated heterocycles. The fourth-order valence-electron chi connectivity index (χ4n) is 2.41. The Kier molecular flexibility index (Phi) is 4.52. The maximum absolute atomic E-state index is 12.0. The van der Waals surface area contributed by atoms with E-state index in [-0.39, 0.29) is 6.79 Å². The highest BCUT2D eigenvalue weighted by Crippen LogP contribution is 2.33. The van der Waals surface area contributed by atoms with Crippen molar-refractivity contribution in [3.63, 3.8) is 0 Å². The number of halogens is 1. The Labute approximate surface area is 138 Å². The van der Waals surface area contributed by atoms with Gasteiger partial charge in [-0.1, -0.05) is 17.7 Å². The van der Waals surface area contributed by atoms with Gasteiger partial charge in [0.2, 0.25) is 6.79 Å². The van der Waals surface area contributed by atoms with Crippen LogP contribution in [0, 0.1) is 0 Å². The van der Waals surface area contributed by atoms with Crippen LogP contribution in [-0.2, 0) is 6.42 Å². The van der Waals surface area contributed by atoms with Crippen molar-refractivity contribution in [2.45, 2.75) is 12.5 Å². The maximum atomic E-state index is 12.0. The van der Waals surface area contributed by atoms with Gasteiger partial charge in [-0.25, -0.2) is 0 Å². The number of ketones is 1. The van der Waals surface area contributed by atoms with Gasteiger partial charge in [-0.15, -0.1) is 0 Å². The first-order chi connectivity index (χ1) is 11.1. The summed E-state index contributed by atoms with van der Waals surface area (Å²) in [5.74, 6) is 0.854. The number of carbonyl (C=O) groups is 1. The average molecular weight is 335 g/mol. The van der Waals surface area contributed by atoms with E-state index in [1.807, 2.05) is 18.2 Å². The van der Waals surface area contributed by atoms with E-state index in [0.29, 0.717) is 28.5 Å². The maximum Gasteiger partial charge on any atom is 0.231 e. The normalized spacial score (nSPS) is 13.9. The summed E-state index contributed by atoms with van der Waals surface area (Å²) >= 11 is 6.20. The lowest BCUT2D eigenvalue weighted by Gasteiger charge is -2.10. The molecule has 1 aliphatic rings. The van der Waals surface area contributed by atoms with Crippen molar-refractivity contribution in [3.05, 3.63) is 58.1 Å². The fourth-order valence-corrected chi connectivity index (χ4v) is 2.59. The molecule has 0 radical (unpaired) electrons. The molecule has 2 N–H and O–H groups in total. The average Bonchev–Trinajstić information content (AvgIpc) is 3.03. The van der Waals surface area contributed by atoms with Gasteiger partial charge in [-0.2, -0.15) is 0 Å². The second-order valence-corrected chi connectivity index (χ2v) is 5.64. The Balaban J connectivity index is 1.86. The van der Waals surface area contributed by atoms with Gasteiger partial charge in [0.1, 0.15) is 6.10 Å². The molecule has 0 aliphatic carbocycles. The van der Waals surface area contributed by atoms with Gasteiger partial charge < -0.3 is 19.7 Å². The molecule has 120 valence electrons. The van der Waals surface area contributed by atoms with E-state index in [2.05, 4.69) is 0 Å². The van der Waals surface area contributed by atoms with Crippen LogP contribution in [0.15, 0.2) is 36.4 Å². The first-order valence-electron chi connectivity index (χ1n) is 7.08. The van der Waals surface area contributed by atoms with Gasteiger partial charge in [0.15, 0.2) is 17.3 Å². The molecule has 0 saturated carbocycles. The van der Waals surface area contributed by atoms with Crippen molar-refractivity contribution >= 4 is 17.4 Å². The second kappa shape index (κ2) is 6.58. The molecule has 0 fully saturated rings. The molecule has 1 atom stereocenters. The molecule has 0 aromatic heterocycles. The van der Waals surface area contributed by atoms with Crippen molar-refractivity contribution in [1.82, 2.24) is 0 Å². The summed E-state index contributed by atoms with van der Waals surface area (Å²) in [6, 6.07) is 10.4. The Hall–Kier alpha value is -2.08. The van der Waals surface area contributed by atoms with E-state index < -0.39 is 18.5 Å². The molecule has 1 aliphatic heterocycles. The zero-order chi connectivity index (χ0) is 16.4. The fraction of sp³-hybridized carbons (Fsp3) is 0.235. The predicted octanol–water partition coefficient (Wildman–Crippen LogP) is 2.20. The van der Waals surface area contributed by atoms with Crippen molar-refractivity contribution < 1.29 is 24.5 Å². The third-order valence-electron chi connectivity index (χ3n) is 3.64. The van der Waals surface area contributed by atoms with E-state index in [1.54, 1.807) is 12.1 Å². The summed E-state index contributed by atoms with van der Waals surface area (Å²) in [5.41, 5.74) is 2.02. The Morgan fingerprint density at radius 2 is 1.96 bits per heavy atom. The van der Waals surface area contributed by atoms with Gasteiger partial charge in [-0.3, -0.25) is 4.79 Å². The highest BCUT2D eigenvalue weighted by molar-refractivity contribution is 6.31. The molecular formula is C17H15ClO5. The lowest BCUT2D eigenvalue weighted by Crippen LogP contribution is -2.24. The molecular weight excluding hydrogens is 320 g/mol. The molecule has 0 unspecified atom stereocenters. The van der Waals surface area contributed by atoms with Crippen LogP contribution in [0.2, 0.25) is 5.02 Å². The smallest absolute Gasteiger partial charge is 0.231 e. The molecule has 0 bridgehead atoms. The van der Waals surface area contributed by atoms with E-state index in [4.69, 9.17) is 26.2 Å². The largest absolute Gasteiger partial charge is 0.454 e. The third kappa shape index (κ3) is 3.32. The number of fused-ring (bicyclic) bond motifs is 1. The van der Waals surface area contributed by atoms with Crippen LogP contribution in [0.3, 0.4) is 0 Å². The summed E-state index contributed by atoms with van der Waals surface area (Å²) < 4.78 is 10.6. The first kappa shape index (κ1) is 15.8. The monoisotopic (exact) mass is 334 g/mol. The van der Waals surface area contributed by atoms with Gasteiger partial charge in [0, 0.05) is 10.6 Å². The quantitative estimate of drug-likeness (QED) is 0.820. The molecule has 5 nitrogen and oxygen atoms in total. The number of hydrogen-bond acceptors (Lipinski definition) is 5. The summed E-state index contributed by atoms with van der Waals surface area (Å²) in [6.45, 7) is -0.401. The summed E-state index contributed by atoms with van der Waals surface area (Å²) in [4.78, 5) is 12.0. The lowest BCUT2D eigenvalue weighted by atomic mass is 9.99. The number of rotatable bonds is 5. The predicted molar refractivity (Wildman–Crippen MR) is 84.2 cm³/mol. The van der Waals surface area contributed by atoms with Crippen LogP contribution >= 0.6 is 11.6 Å². The molecule has 6 heteroatoms. The van der Waals surface area contributed by atoms with E-state index in [0.717, 1.165) is 11.1 Å². The van der Waals surface area contributed by atoms with Crippen LogP contribution in [0.25, 0.3) is 0 Å². The molecule has 0 amide bonds. The molecule has 1 heterocycles. The Morgan fingerprint density at radius 3 is 2.74 bits per heavy atom. The van der Waals surface area contributed by atoms with E-state index >= 15 is 0 Å². The van der Waals surface area contributed by atoms with Crippen molar-refractivity contribution in [2.75, 3.05) is 13.4 Å². The molecule has 2 aromatic rings. The van der Waals surface area contributed by atoms with Gasteiger partial charge in [-0.05, 0) is 47.9 Å². The Bertz CT molecular complexity index is 744. The number of aliphatic hydroxyl groups is 2. The Morgan fingerprint density at radius 1 is 1.17 bits per heavy atom. The number of ether oxygens (including phenoxy) is 2. The van der Waals surface area contributed by atoms with Crippen LogP contribution in [0.1, 0.15) is 21.5 Å². The summed E-state index contributed by atoms with van der Waals surface area (Å²) in [7, 11) is 0. The van der Waals surface area contributed by atoms with Crippen LogP contribution < -0.4 is 9.47 Å². The van der Waals surface area contributed by atoms with Crippen LogP contribution in [0.4, 0.5) is 0 Å². The number of benzene rings is 2. The standard InChI is InChI=1S/C17H15ClO5/c18-13-3-2-11(17(21)14(20)8-19)7-12(13)5-10-1-4-15-16(6-10)23-9-22-15/h1-4,6-7,14,19-20H,5,8-9H2/t14-/m1/s1. The minimum atomic E-state index is -1.42. The van der Waals surface area contributed by atoms with Crippen molar-refractivity contribution in [2.24, 2.45) is 0 Å². The van der Waals surface area contributed by atoms with Gasteiger partial charge >= 0.3 is 0 Å². The molecule has 0 spiro atoms. The van der Waals surface area contributed by atoms with Crippen LogP contribution in [0.5, 0.6) is 11.5 Å². The SMILES string of the molecule is O=C(c1ccc(Cl)c(Cc2ccc3c(c2)OCO3)c1)[C@H](O)CO. The zero-order valence-corrected chi connectivity index (χ0v) is 12.9. The van der Waals surface area contributed by atoms with Gasteiger partial charge in [0.05, 0.1) is 6.61 Å². The highest BCUT2D eigenvalue weighted by Gasteiger charge is 2.18. The second-order valence-electron chi connectivity index (χ2n) is 5.23. The number of hydrogen-bond donors (Lipinski definition) is 2. The third-order valence-corrected chi connectivity index (χ3v) is 4.01. The van der Waals surface area contributed by atoms with Gasteiger partial charge in [0.25, 0.3) is 0 Å².